The van der Waals surface area contributed by atoms with Gasteiger partial charge in [0.25, 0.3) is 15.9 Å². The summed E-state index contributed by atoms with van der Waals surface area (Å²) in [5.74, 6) is -0.408. The first-order valence-electron chi connectivity index (χ1n) is 7.88. The van der Waals surface area contributed by atoms with Crippen molar-refractivity contribution in [2.45, 2.75) is 31.7 Å². The molecule has 25 heavy (non-hydrogen) atoms. The summed E-state index contributed by atoms with van der Waals surface area (Å²) >= 11 is 0. The van der Waals surface area contributed by atoms with Gasteiger partial charge in [-0.15, -0.1) is 0 Å². The normalized spacial score (nSPS) is 12.7. The van der Waals surface area contributed by atoms with Gasteiger partial charge in [-0.2, -0.15) is 0 Å². The van der Waals surface area contributed by atoms with Crippen molar-refractivity contribution in [2.24, 2.45) is 5.92 Å². The van der Waals surface area contributed by atoms with Crippen LogP contribution in [0.25, 0.3) is 0 Å². The summed E-state index contributed by atoms with van der Waals surface area (Å²) in [6.07, 6.45) is 0. The zero-order valence-electron chi connectivity index (χ0n) is 14.3. The van der Waals surface area contributed by atoms with E-state index in [9.17, 15) is 17.6 Å². The van der Waals surface area contributed by atoms with Crippen molar-refractivity contribution < 1.29 is 17.6 Å². The van der Waals surface area contributed by atoms with Crippen molar-refractivity contribution in [2.75, 3.05) is 4.72 Å². The van der Waals surface area contributed by atoms with Crippen LogP contribution in [0.15, 0.2) is 53.4 Å². The molecule has 0 aliphatic carbocycles. The molecule has 0 heterocycles. The molecule has 2 rings (SSSR count). The molecule has 0 aromatic heterocycles. The van der Waals surface area contributed by atoms with Gasteiger partial charge in [-0.1, -0.05) is 13.8 Å². The molecule has 0 bridgehead atoms. The van der Waals surface area contributed by atoms with Crippen molar-refractivity contribution in [1.82, 2.24) is 5.32 Å². The number of hydrogen-bond donors (Lipinski definition) is 2. The summed E-state index contributed by atoms with van der Waals surface area (Å²) in [7, 11) is -3.81. The maximum atomic E-state index is 12.9. The van der Waals surface area contributed by atoms with E-state index >= 15 is 0 Å². The Bertz CT molecular complexity index is 832. The summed E-state index contributed by atoms with van der Waals surface area (Å²) in [4.78, 5) is 12.2. The Hall–Kier alpha value is -2.41. The third-order valence-electron chi connectivity index (χ3n) is 3.88. The molecule has 134 valence electrons. The predicted octanol–water partition coefficient (Wildman–Crippen LogP) is 3.40. The maximum absolute atomic E-state index is 12.9. The van der Waals surface area contributed by atoms with Crippen LogP contribution in [-0.4, -0.2) is 20.4 Å². The van der Waals surface area contributed by atoms with Gasteiger partial charge >= 0.3 is 0 Å². The molecule has 0 radical (unpaired) electrons. The fourth-order valence-corrected chi connectivity index (χ4v) is 3.03. The smallest absolute Gasteiger partial charge is 0.261 e. The number of rotatable bonds is 6. The zero-order valence-corrected chi connectivity index (χ0v) is 15.1. The van der Waals surface area contributed by atoms with Crippen LogP contribution < -0.4 is 10.0 Å². The topological polar surface area (TPSA) is 75.3 Å². The van der Waals surface area contributed by atoms with Crippen LogP contribution in [0.3, 0.4) is 0 Å². The van der Waals surface area contributed by atoms with Gasteiger partial charge in [-0.3, -0.25) is 9.52 Å². The van der Waals surface area contributed by atoms with E-state index in [2.05, 4.69) is 10.0 Å². The van der Waals surface area contributed by atoms with Crippen LogP contribution in [0.4, 0.5) is 10.1 Å². The first kappa shape index (κ1) is 18.9. The summed E-state index contributed by atoms with van der Waals surface area (Å²) < 4.78 is 39.9. The number of anilines is 1. The van der Waals surface area contributed by atoms with Gasteiger partial charge in [-0.25, -0.2) is 12.8 Å². The molecule has 1 atom stereocenters. The number of sulfonamides is 1. The van der Waals surface area contributed by atoms with Crippen LogP contribution in [0.2, 0.25) is 0 Å². The second-order valence-corrected chi connectivity index (χ2v) is 7.83. The first-order valence-corrected chi connectivity index (χ1v) is 9.36. The van der Waals surface area contributed by atoms with Gasteiger partial charge in [0.1, 0.15) is 5.82 Å². The minimum Gasteiger partial charge on any atom is -0.349 e. The second-order valence-electron chi connectivity index (χ2n) is 6.14. The minimum absolute atomic E-state index is 0.0102. The van der Waals surface area contributed by atoms with Gasteiger partial charge in [0.05, 0.1) is 4.90 Å². The van der Waals surface area contributed by atoms with E-state index in [1.54, 1.807) is 0 Å². The maximum Gasteiger partial charge on any atom is 0.261 e. The molecule has 2 aromatic carbocycles. The van der Waals surface area contributed by atoms with Gasteiger partial charge in [0, 0.05) is 17.3 Å². The molecule has 0 aliphatic heterocycles. The molecule has 0 saturated heterocycles. The van der Waals surface area contributed by atoms with E-state index in [-0.39, 0.29) is 22.5 Å². The molecular weight excluding hydrogens is 343 g/mol. The molecule has 1 unspecified atom stereocenters. The van der Waals surface area contributed by atoms with Gasteiger partial charge in [0.2, 0.25) is 0 Å². The highest BCUT2D eigenvalue weighted by molar-refractivity contribution is 7.92. The first-order chi connectivity index (χ1) is 11.7. The van der Waals surface area contributed by atoms with Crippen LogP contribution >= 0.6 is 0 Å². The average Bonchev–Trinajstić information content (AvgIpc) is 2.56. The van der Waals surface area contributed by atoms with Gasteiger partial charge in [0.15, 0.2) is 0 Å². The summed E-state index contributed by atoms with van der Waals surface area (Å²) in [6.45, 7) is 5.91. The van der Waals surface area contributed by atoms with E-state index < -0.39 is 15.8 Å². The second kappa shape index (κ2) is 7.65. The molecule has 2 aromatic rings. The molecule has 0 spiro atoms. The van der Waals surface area contributed by atoms with E-state index in [1.807, 2.05) is 20.8 Å². The molecule has 0 saturated carbocycles. The summed E-state index contributed by atoms with van der Waals surface area (Å²) in [5, 5.41) is 2.86. The number of carbonyl (C=O) groups is 1. The molecule has 2 N–H and O–H groups in total. The Kier molecular flexibility index (Phi) is 5.79. The fourth-order valence-electron chi connectivity index (χ4n) is 1.97. The quantitative estimate of drug-likeness (QED) is 0.825. The van der Waals surface area contributed by atoms with E-state index in [0.717, 1.165) is 0 Å². The lowest BCUT2D eigenvalue weighted by Gasteiger charge is -2.17. The number of amides is 1. The van der Waals surface area contributed by atoms with Crippen LogP contribution in [0, 0.1) is 11.7 Å². The minimum atomic E-state index is -3.81. The van der Waals surface area contributed by atoms with Crippen LogP contribution in [-0.2, 0) is 10.0 Å². The number of halogens is 1. The molecule has 0 aliphatic rings. The van der Waals surface area contributed by atoms with Crippen molar-refractivity contribution in [3.8, 4) is 0 Å². The monoisotopic (exact) mass is 364 g/mol. The Morgan fingerprint density at radius 1 is 0.960 bits per heavy atom. The van der Waals surface area contributed by atoms with E-state index in [1.165, 1.54) is 48.5 Å². The molecule has 5 nitrogen and oxygen atoms in total. The highest BCUT2D eigenvalue weighted by Crippen LogP contribution is 2.17. The SMILES string of the molecule is CC(C)C(C)NC(=O)c1ccc(S(=O)(=O)Nc2ccc(F)cc2)cc1. The van der Waals surface area contributed by atoms with Crippen molar-refractivity contribution >= 4 is 21.6 Å². The third-order valence-corrected chi connectivity index (χ3v) is 5.28. The van der Waals surface area contributed by atoms with Crippen LogP contribution in [0.5, 0.6) is 0 Å². The molecular formula is C18H21FN2O3S. The number of nitrogens with one attached hydrogen (secondary N) is 2. The molecule has 0 fully saturated rings. The average molecular weight is 364 g/mol. The highest BCUT2D eigenvalue weighted by atomic mass is 32.2. The lowest BCUT2D eigenvalue weighted by Crippen LogP contribution is -2.36. The third kappa shape index (κ3) is 5.03. The Morgan fingerprint density at radius 2 is 1.52 bits per heavy atom. The number of benzene rings is 2. The zero-order chi connectivity index (χ0) is 18.6. The lowest BCUT2D eigenvalue weighted by atomic mass is 10.1. The fraction of sp³-hybridized carbons (Fsp3) is 0.278. The Balaban J connectivity index is 2.12. The van der Waals surface area contributed by atoms with Crippen molar-refractivity contribution in [3.63, 3.8) is 0 Å². The molecule has 1 amide bonds. The number of hydrogen-bond acceptors (Lipinski definition) is 3. The van der Waals surface area contributed by atoms with Gasteiger partial charge < -0.3 is 5.32 Å². The largest absolute Gasteiger partial charge is 0.349 e. The standard InChI is InChI=1S/C18H21FN2O3S/c1-12(2)13(3)20-18(22)14-4-10-17(11-5-14)25(23,24)21-16-8-6-15(19)7-9-16/h4-13,21H,1-3H3,(H,20,22). The predicted molar refractivity (Wildman–Crippen MR) is 95.4 cm³/mol. The highest BCUT2D eigenvalue weighted by Gasteiger charge is 2.16. The Labute approximate surface area is 147 Å². The van der Waals surface area contributed by atoms with Crippen molar-refractivity contribution in [3.05, 3.63) is 59.9 Å². The molecule has 7 heteroatoms. The summed E-state index contributed by atoms with van der Waals surface area (Å²) in [6, 6.07) is 10.7. The summed E-state index contributed by atoms with van der Waals surface area (Å²) in [5.41, 5.74) is 0.641. The van der Waals surface area contributed by atoms with Crippen LogP contribution in [0.1, 0.15) is 31.1 Å². The van der Waals surface area contributed by atoms with Gasteiger partial charge in [-0.05, 0) is 61.4 Å². The van der Waals surface area contributed by atoms with E-state index in [0.29, 0.717) is 11.5 Å². The Morgan fingerprint density at radius 3 is 2.04 bits per heavy atom. The number of carbonyl (C=O) groups excluding carboxylic acids is 1. The lowest BCUT2D eigenvalue weighted by molar-refractivity contribution is 0.0930. The van der Waals surface area contributed by atoms with E-state index in [4.69, 9.17) is 0 Å². The van der Waals surface area contributed by atoms with Crippen molar-refractivity contribution in [1.29, 1.82) is 0 Å².